The van der Waals surface area contributed by atoms with Crippen LogP contribution in [0, 0.1) is 0 Å². The minimum Gasteiger partial charge on any atom is -0.435 e. The molecule has 0 saturated heterocycles. The Morgan fingerprint density at radius 3 is 2.12 bits per heavy atom. The Morgan fingerprint density at radius 2 is 1.75 bits per heavy atom. The van der Waals surface area contributed by atoms with Crippen LogP contribution < -0.4 is 10.5 Å². The number of ether oxygens (including phenoxy) is 1. The average Bonchev–Trinajstić information content (AvgIpc) is 2.14. The summed E-state index contributed by atoms with van der Waals surface area (Å²) in [6.45, 7) is -2.77. The zero-order chi connectivity index (χ0) is 10.9. The lowest BCUT2D eigenvalue weighted by atomic mass is 9.73. The molecule has 0 aromatic heterocycles. The van der Waals surface area contributed by atoms with E-state index in [1.165, 1.54) is 12.1 Å². The second-order valence-corrected chi connectivity index (χ2v) is 3.91. The fourth-order valence-corrected chi connectivity index (χ4v) is 1.81. The zero-order valence-electron chi connectivity index (χ0n) is 8.66. The second-order valence-electron chi connectivity index (χ2n) is 3.91. The number of rotatable bonds is 3. The molecule has 0 amide bonds. The van der Waals surface area contributed by atoms with Gasteiger partial charge in [-0.25, -0.2) is 0 Å². The highest BCUT2D eigenvalue weighted by atomic mass is 35.5. The Morgan fingerprint density at radius 1 is 1.19 bits per heavy atom. The maximum atomic E-state index is 11.9. The minimum absolute atomic E-state index is 0. The highest BCUT2D eigenvalue weighted by molar-refractivity contribution is 5.85. The molecule has 0 spiro atoms. The number of nitrogens with two attached hydrogens (primary N) is 1. The van der Waals surface area contributed by atoms with E-state index in [9.17, 15) is 8.78 Å². The standard InChI is InChI=1S/C11H13F2NO.ClH/c12-10(13)15-9-4-2-8(3-5-9)11(14)6-1-7-11;/h2-5,10H,1,6-7,14H2;1H. The molecule has 16 heavy (non-hydrogen) atoms. The first kappa shape index (κ1) is 13.2. The van der Waals surface area contributed by atoms with E-state index in [0.29, 0.717) is 0 Å². The molecule has 0 heterocycles. The SMILES string of the molecule is Cl.NC1(c2ccc(OC(F)F)cc2)CCC1. The summed E-state index contributed by atoms with van der Waals surface area (Å²) in [4.78, 5) is 0. The summed E-state index contributed by atoms with van der Waals surface area (Å²) < 4.78 is 28.0. The van der Waals surface area contributed by atoms with Gasteiger partial charge in [0.15, 0.2) is 0 Å². The van der Waals surface area contributed by atoms with Crippen molar-refractivity contribution in [2.24, 2.45) is 5.73 Å². The first-order chi connectivity index (χ1) is 7.10. The van der Waals surface area contributed by atoms with Crippen molar-refractivity contribution in [3.05, 3.63) is 29.8 Å². The van der Waals surface area contributed by atoms with Gasteiger partial charge in [-0.2, -0.15) is 8.78 Å². The maximum Gasteiger partial charge on any atom is 0.387 e. The van der Waals surface area contributed by atoms with Crippen LogP contribution in [0.2, 0.25) is 0 Å². The molecule has 0 aliphatic heterocycles. The molecule has 2 N–H and O–H groups in total. The Bertz CT molecular complexity index is 338. The minimum atomic E-state index is -2.77. The molecule has 5 heteroatoms. The highest BCUT2D eigenvalue weighted by Gasteiger charge is 2.34. The molecule has 0 bridgehead atoms. The summed E-state index contributed by atoms with van der Waals surface area (Å²) in [5, 5.41) is 0. The Labute approximate surface area is 99.2 Å². The maximum absolute atomic E-state index is 11.9. The van der Waals surface area contributed by atoms with Crippen molar-refractivity contribution in [1.82, 2.24) is 0 Å². The highest BCUT2D eigenvalue weighted by Crippen LogP contribution is 2.39. The van der Waals surface area contributed by atoms with Crippen molar-refractivity contribution < 1.29 is 13.5 Å². The van der Waals surface area contributed by atoms with E-state index < -0.39 is 6.61 Å². The van der Waals surface area contributed by atoms with Crippen molar-refractivity contribution in [1.29, 1.82) is 0 Å². The van der Waals surface area contributed by atoms with Gasteiger partial charge in [0.2, 0.25) is 0 Å². The predicted molar refractivity (Wildman–Crippen MR) is 60.0 cm³/mol. The molecule has 90 valence electrons. The molecule has 2 nitrogen and oxygen atoms in total. The van der Waals surface area contributed by atoms with Gasteiger partial charge in [-0.3, -0.25) is 0 Å². The van der Waals surface area contributed by atoms with Crippen LogP contribution in [0.3, 0.4) is 0 Å². The predicted octanol–water partition coefficient (Wildman–Crippen LogP) is 3.05. The van der Waals surface area contributed by atoms with E-state index in [0.717, 1.165) is 24.8 Å². The fourth-order valence-electron chi connectivity index (χ4n) is 1.81. The van der Waals surface area contributed by atoms with Crippen LogP contribution >= 0.6 is 12.4 Å². The monoisotopic (exact) mass is 249 g/mol. The summed E-state index contributed by atoms with van der Waals surface area (Å²) in [6, 6.07) is 6.59. The molecule has 2 rings (SSSR count). The Kier molecular flexibility index (Phi) is 4.10. The lowest BCUT2D eigenvalue weighted by molar-refractivity contribution is -0.0498. The Balaban J connectivity index is 0.00000128. The van der Waals surface area contributed by atoms with Gasteiger partial charge in [0.25, 0.3) is 0 Å². The van der Waals surface area contributed by atoms with Crippen LogP contribution in [0.15, 0.2) is 24.3 Å². The molecule has 1 saturated carbocycles. The first-order valence-corrected chi connectivity index (χ1v) is 4.94. The molecule has 0 atom stereocenters. The Hall–Kier alpha value is -0.870. The van der Waals surface area contributed by atoms with Crippen molar-refractivity contribution in [3.8, 4) is 5.75 Å². The molecule has 1 aliphatic rings. The van der Waals surface area contributed by atoms with Gasteiger partial charge in [-0.05, 0) is 37.0 Å². The number of halogens is 3. The molecule has 0 radical (unpaired) electrons. The van der Waals surface area contributed by atoms with Crippen LogP contribution in [-0.2, 0) is 5.54 Å². The summed E-state index contributed by atoms with van der Waals surface area (Å²) >= 11 is 0. The van der Waals surface area contributed by atoms with E-state index in [2.05, 4.69) is 4.74 Å². The van der Waals surface area contributed by atoms with Gasteiger partial charge >= 0.3 is 6.61 Å². The molecule has 1 aliphatic carbocycles. The average molecular weight is 250 g/mol. The molecular formula is C11H14ClF2NO. The summed E-state index contributed by atoms with van der Waals surface area (Å²) in [7, 11) is 0. The fraction of sp³-hybridized carbons (Fsp3) is 0.455. The third-order valence-electron chi connectivity index (χ3n) is 2.90. The molecular weight excluding hydrogens is 236 g/mol. The molecule has 1 fully saturated rings. The number of hydrogen-bond donors (Lipinski definition) is 1. The van der Waals surface area contributed by atoms with E-state index in [4.69, 9.17) is 5.73 Å². The van der Waals surface area contributed by atoms with Gasteiger partial charge in [-0.15, -0.1) is 12.4 Å². The smallest absolute Gasteiger partial charge is 0.387 e. The van der Waals surface area contributed by atoms with Crippen molar-refractivity contribution in [3.63, 3.8) is 0 Å². The van der Waals surface area contributed by atoms with Crippen LogP contribution in [0.5, 0.6) is 5.75 Å². The van der Waals surface area contributed by atoms with Crippen molar-refractivity contribution >= 4 is 12.4 Å². The second kappa shape index (κ2) is 4.97. The zero-order valence-corrected chi connectivity index (χ0v) is 9.47. The van der Waals surface area contributed by atoms with Crippen LogP contribution in [-0.4, -0.2) is 6.61 Å². The molecule has 1 aromatic carbocycles. The van der Waals surface area contributed by atoms with Crippen molar-refractivity contribution in [2.75, 3.05) is 0 Å². The number of hydrogen-bond acceptors (Lipinski definition) is 2. The topological polar surface area (TPSA) is 35.2 Å². The first-order valence-electron chi connectivity index (χ1n) is 4.94. The van der Waals surface area contributed by atoms with Gasteiger partial charge in [0, 0.05) is 5.54 Å². The number of benzene rings is 1. The van der Waals surface area contributed by atoms with Crippen LogP contribution in [0.25, 0.3) is 0 Å². The largest absolute Gasteiger partial charge is 0.435 e. The van der Waals surface area contributed by atoms with E-state index >= 15 is 0 Å². The van der Waals surface area contributed by atoms with Gasteiger partial charge < -0.3 is 10.5 Å². The molecule has 1 aromatic rings. The summed E-state index contributed by atoms with van der Waals surface area (Å²) in [5.41, 5.74) is 6.84. The third-order valence-corrected chi connectivity index (χ3v) is 2.90. The summed E-state index contributed by atoms with van der Waals surface area (Å²) in [6.07, 6.45) is 3.05. The molecule has 0 unspecified atom stereocenters. The normalized spacial score (nSPS) is 17.5. The van der Waals surface area contributed by atoms with E-state index in [1.807, 2.05) is 0 Å². The lowest BCUT2D eigenvalue weighted by Crippen LogP contribution is -2.43. The van der Waals surface area contributed by atoms with Gasteiger partial charge in [0.05, 0.1) is 0 Å². The van der Waals surface area contributed by atoms with Gasteiger partial charge in [-0.1, -0.05) is 12.1 Å². The van der Waals surface area contributed by atoms with E-state index in [-0.39, 0.29) is 23.7 Å². The van der Waals surface area contributed by atoms with E-state index in [1.54, 1.807) is 12.1 Å². The quantitative estimate of drug-likeness (QED) is 0.894. The lowest BCUT2D eigenvalue weighted by Gasteiger charge is -2.38. The van der Waals surface area contributed by atoms with Gasteiger partial charge in [0.1, 0.15) is 5.75 Å². The third kappa shape index (κ3) is 2.62. The number of alkyl halides is 2. The van der Waals surface area contributed by atoms with Crippen molar-refractivity contribution in [2.45, 2.75) is 31.4 Å². The van der Waals surface area contributed by atoms with Crippen LogP contribution in [0.4, 0.5) is 8.78 Å². The summed E-state index contributed by atoms with van der Waals surface area (Å²) in [5.74, 6) is 0.177. The van der Waals surface area contributed by atoms with Crippen LogP contribution in [0.1, 0.15) is 24.8 Å².